The molecule has 1 atom stereocenters. The summed E-state index contributed by atoms with van der Waals surface area (Å²) in [6.07, 6.45) is 1.68. The Balaban J connectivity index is 1.80. The van der Waals surface area contributed by atoms with Crippen molar-refractivity contribution in [3.63, 3.8) is 0 Å². The van der Waals surface area contributed by atoms with Crippen molar-refractivity contribution in [3.05, 3.63) is 127 Å². The summed E-state index contributed by atoms with van der Waals surface area (Å²) in [5.74, 6) is -0.596. The van der Waals surface area contributed by atoms with Crippen LogP contribution in [0.1, 0.15) is 29.7 Å². The summed E-state index contributed by atoms with van der Waals surface area (Å²) in [6, 6.07) is 23.0. The predicted octanol–water partition coefficient (Wildman–Crippen LogP) is 3.98. The molecule has 1 aromatic heterocycles. The molecule has 3 aromatic carbocycles. The van der Waals surface area contributed by atoms with Gasteiger partial charge in [0.05, 0.1) is 28.5 Å². The minimum absolute atomic E-state index is 0.129. The first-order chi connectivity index (χ1) is 19.0. The highest BCUT2D eigenvalue weighted by Gasteiger charge is 2.35. The first kappa shape index (κ1) is 25.8. The highest BCUT2D eigenvalue weighted by Crippen LogP contribution is 2.35. The van der Waals surface area contributed by atoms with E-state index >= 15 is 0 Å². The number of ether oxygens (including phenoxy) is 2. The number of hydrogen-bond acceptors (Lipinski definition) is 7. The van der Waals surface area contributed by atoms with E-state index in [9.17, 15) is 14.0 Å². The van der Waals surface area contributed by atoms with Crippen LogP contribution < -0.4 is 19.6 Å². The predicted molar refractivity (Wildman–Crippen MR) is 145 cm³/mol. The van der Waals surface area contributed by atoms with Crippen molar-refractivity contribution < 1.29 is 18.7 Å². The number of hydrogen-bond donors (Lipinski definition) is 0. The number of nitrogens with zero attached hydrogens (tertiary/aromatic N) is 3. The summed E-state index contributed by atoms with van der Waals surface area (Å²) >= 11 is 1.16. The molecular weight excluding hydrogens is 517 g/mol. The summed E-state index contributed by atoms with van der Waals surface area (Å²) in [4.78, 5) is 32.5. The normalized spacial score (nSPS) is 14.8. The van der Waals surface area contributed by atoms with Crippen LogP contribution in [0.2, 0.25) is 0 Å². The summed E-state index contributed by atoms with van der Waals surface area (Å²) in [7, 11) is 0. The molecule has 0 saturated heterocycles. The van der Waals surface area contributed by atoms with Gasteiger partial charge in [-0.2, -0.15) is 5.26 Å². The third-order valence-corrected chi connectivity index (χ3v) is 7.04. The van der Waals surface area contributed by atoms with Crippen LogP contribution >= 0.6 is 11.3 Å². The van der Waals surface area contributed by atoms with Crippen LogP contribution in [0, 0.1) is 17.1 Å². The van der Waals surface area contributed by atoms with Gasteiger partial charge in [-0.15, -0.1) is 0 Å². The van der Waals surface area contributed by atoms with Crippen LogP contribution in [-0.4, -0.2) is 23.8 Å². The Morgan fingerprint density at radius 1 is 1.10 bits per heavy atom. The van der Waals surface area contributed by atoms with Gasteiger partial charge in [0.25, 0.3) is 5.56 Å². The first-order valence-electron chi connectivity index (χ1n) is 12.1. The van der Waals surface area contributed by atoms with Gasteiger partial charge in [-0.1, -0.05) is 72.0 Å². The van der Waals surface area contributed by atoms with Crippen molar-refractivity contribution in [2.24, 2.45) is 4.99 Å². The Morgan fingerprint density at radius 2 is 1.82 bits per heavy atom. The quantitative estimate of drug-likeness (QED) is 0.331. The highest BCUT2D eigenvalue weighted by atomic mass is 32.1. The summed E-state index contributed by atoms with van der Waals surface area (Å²) < 4.78 is 26.6. The Bertz CT molecular complexity index is 1780. The maximum absolute atomic E-state index is 13.9. The maximum atomic E-state index is 13.9. The lowest BCUT2D eigenvalue weighted by Gasteiger charge is -2.25. The largest absolute Gasteiger partial charge is 0.478 e. The SMILES string of the molecule is CCOC(=O)C1=C(c2ccccc2)N=c2sc(=Cc3ccccc3OCC#N)c(=O)n2[C@@H]1c1ccc(F)cc1. The summed E-state index contributed by atoms with van der Waals surface area (Å²) in [5.41, 5.74) is 2.02. The molecule has 1 aliphatic heterocycles. The van der Waals surface area contributed by atoms with Crippen molar-refractivity contribution in [3.8, 4) is 11.8 Å². The van der Waals surface area contributed by atoms with Crippen molar-refractivity contribution in [1.82, 2.24) is 4.57 Å². The van der Waals surface area contributed by atoms with Crippen LogP contribution in [0.25, 0.3) is 11.8 Å². The number of rotatable bonds is 7. The van der Waals surface area contributed by atoms with Crippen LogP contribution in [-0.2, 0) is 9.53 Å². The van der Waals surface area contributed by atoms with Gasteiger partial charge >= 0.3 is 5.97 Å². The number of para-hydroxylation sites is 1. The molecule has 0 radical (unpaired) electrons. The first-order valence-corrected chi connectivity index (χ1v) is 13.0. The smallest absolute Gasteiger partial charge is 0.338 e. The molecule has 0 N–H and O–H groups in total. The molecular formula is C30H22FN3O4S. The third-order valence-electron chi connectivity index (χ3n) is 6.06. The van der Waals surface area contributed by atoms with E-state index in [1.807, 2.05) is 36.4 Å². The van der Waals surface area contributed by atoms with Gasteiger partial charge in [0.1, 0.15) is 17.6 Å². The number of aromatic nitrogens is 1. The van der Waals surface area contributed by atoms with Gasteiger partial charge in [-0.25, -0.2) is 14.2 Å². The second kappa shape index (κ2) is 11.3. The summed E-state index contributed by atoms with van der Waals surface area (Å²) in [6.45, 7) is 1.69. The lowest BCUT2D eigenvalue weighted by atomic mass is 9.93. The molecule has 7 nitrogen and oxygen atoms in total. The minimum atomic E-state index is -0.900. The van der Waals surface area contributed by atoms with E-state index in [1.165, 1.54) is 16.7 Å². The fraction of sp³-hybridized carbons (Fsp3) is 0.133. The second-order valence-electron chi connectivity index (χ2n) is 8.47. The number of carbonyl (C=O) groups excluding carboxylic acids is 1. The maximum Gasteiger partial charge on any atom is 0.338 e. The van der Waals surface area contributed by atoms with Crippen molar-refractivity contribution >= 4 is 29.1 Å². The van der Waals surface area contributed by atoms with Crippen LogP contribution in [0.5, 0.6) is 5.75 Å². The molecule has 39 heavy (non-hydrogen) atoms. The minimum Gasteiger partial charge on any atom is -0.478 e. The Kier molecular flexibility index (Phi) is 7.48. The van der Waals surface area contributed by atoms with E-state index in [0.29, 0.717) is 37.5 Å². The van der Waals surface area contributed by atoms with E-state index in [0.717, 1.165) is 11.3 Å². The topological polar surface area (TPSA) is 93.7 Å². The zero-order valence-electron chi connectivity index (χ0n) is 20.8. The molecule has 194 valence electrons. The van der Waals surface area contributed by atoms with Crippen LogP contribution in [0.3, 0.4) is 0 Å². The van der Waals surface area contributed by atoms with Gasteiger partial charge < -0.3 is 9.47 Å². The van der Waals surface area contributed by atoms with E-state index in [1.54, 1.807) is 49.4 Å². The Labute approximate surface area is 227 Å². The fourth-order valence-corrected chi connectivity index (χ4v) is 5.38. The molecule has 0 unspecified atom stereocenters. The molecule has 2 heterocycles. The molecule has 9 heteroatoms. The molecule has 0 aliphatic carbocycles. The monoisotopic (exact) mass is 539 g/mol. The third kappa shape index (κ3) is 5.15. The van der Waals surface area contributed by atoms with Crippen molar-refractivity contribution in [2.75, 3.05) is 13.2 Å². The Morgan fingerprint density at radius 3 is 2.54 bits per heavy atom. The van der Waals surface area contributed by atoms with E-state index in [-0.39, 0.29) is 24.3 Å². The fourth-order valence-electron chi connectivity index (χ4n) is 4.38. The number of nitriles is 1. The van der Waals surface area contributed by atoms with Crippen LogP contribution in [0.15, 0.2) is 94.2 Å². The molecule has 0 fully saturated rings. The average Bonchev–Trinajstić information content (AvgIpc) is 3.27. The van der Waals surface area contributed by atoms with Gasteiger partial charge in [-0.05, 0) is 36.8 Å². The Hall–Kier alpha value is -4.81. The number of fused-ring (bicyclic) bond motifs is 1. The average molecular weight is 540 g/mol. The van der Waals surface area contributed by atoms with Crippen molar-refractivity contribution in [1.29, 1.82) is 5.26 Å². The van der Waals surface area contributed by atoms with E-state index in [4.69, 9.17) is 19.7 Å². The van der Waals surface area contributed by atoms with E-state index in [2.05, 4.69) is 0 Å². The molecule has 4 aromatic rings. The lowest BCUT2D eigenvalue weighted by Crippen LogP contribution is -2.40. The molecule has 0 saturated carbocycles. The van der Waals surface area contributed by atoms with Crippen molar-refractivity contribution in [2.45, 2.75) is 13.0 Å². The molecule has 1 aliphatic rings. The number of benzene rings is 3. The van der Waals surface area contributed by atoms with Gasteiger partial charge in [0.2, 0.25) is 0 Å². The van der Waals surface area contributed by atoms with E-state index < -0.39 is 17.8 Å². The number of halogens is 1. The van der Waals surface area contributed by atoms with Crippen LogP contribution in [0.4, 0.5) is 4.39 Å². The molecule has 0 bridgehead atoms. The lowest BCUT2D eigenvalue weighted by molar-refractivity contribution is -0.138. The zero-order valence-corrected chi connectivity index (χ0v) is 21.7. The summed E-state index contributed by atoms with van der Waals surface area (Å²) in [5, 5.41) is 8.93. The standard InChI is InChI=1S/C30H22FN3O4S/c1-2-37-29(36)25-26(19-8-4-3-5-9-19)33-30-34(27(25)20-12-14-22(31)15-13-20)28(35)24(39-30)18-21-10-6-7-11-23(21)38-17-16-32/h3-15,18,27H,2,17H2,1H3/t27-/m1/s1. The number of esters is 1. The second-order valence-corrected chi connectivity index (χ2v) is 9.48. The van der Waals surface area contributed by atoms with Gasteiger partial charge in [0.15, 0.2) is 11.4 Å². The van der Waals surface area contributed by atoms with Gasteiger partial charge in [0, 0.05) is 11.1 Å². The number of thiazole rings is 1. The zero-order chi connectivity index (χ0) is 27.4. The molecule has 0 spiro atoms. The molecule has 0 amide bonds. The molecule has 5 rings (SSSR count). The van der Waals surface area contributed by atoms with Gasteiger partial charge in [-0.3, -0.25) is 9.36 Å². The highest BCUT2D eigenvalue weighted by molar-refractivity contribution is 7.07. The number of carbonyl (C=O) groups is 1.